The second-order valence-corrected chi connectivity index (χ2v) is 4.15. The van der Waals surface area contributed by atoms with Crippen LogP contribution in [0.4, 0.5) is 0 Å². The normalized spacial score (nSPS) is 39.6. The number of rotatable bonds is 1. The van der Waals surface area contributed by atoms with Gasteiger partial charge in [0.15, 0.2) is 0 Å². The molecule has 0 aromatic rings. The molecule has 1 atom stereocenters. The van der Waals surface area contributed by atoms with Gasteiger partial charge in [0.25, 0.3) is 0 Å². The molecule has 0 N–H and O–H groups in total. The van der Waals surface area contributed by atoms with Crippen molar-refractivity contribution in [3.8, 4) is 0 Å². The number of methoxy groups -OCH3 is 1. The van der Waals surface area contributed by atoms with Gasteiger partial charge >= 0.3 is 5.97 Å². The first-order valence-corrected chi connectivity index (χ1v) is 4.89. The SMILES string of the molecule is COC(=O)[C@@H]1CC2CCC1CC2. The maximum atomic E-state index is 11.3. The lowest BCUT2D eigenvalue weighted by Gasteiger charge is -2.40. The molecule has 2 nitrogen and oxygen atoms in total. The molecule has 2 heteroatoms. The van der Waals surface area contributed by atoms with Crippen molar-refractivity contribution in [2.24, 2.45) is 17.8 Å². The molecule has 3 rings (SSSR count). The van der Waals surface area contributed by atoms with E-state index in [1.165, 1.54) is 32.8 Å². The van der Waals surface area contributed by atoms with Crippen molar-refractivity contribution in [1.82, 2.24) is 0 Å². The van der Waals surface area contributed by atoms with Crippen molar-refractivity contribution in [3.63, 3.8) is 0 Å². The topological polar surface area (TPSA) is 26.3 Å². The van der Waals surface area contributed by atoms with Crippen LogP contribution >= 0.6 is 0 Å². The van der Waals surface area contributed by atoms with Crippen LogP contribution in [0.25, 0.3) is 0 Å². The van der Waals surface area contributed by atoms with Crippen LogP contribution in [0.3, 0.4) is 0 Å². The molecule has 0 spiro atoms. The van der Waals surface area contributed by atoms with Gasteiger partial charge in [-0.1, -0.05) is 12.8 Å². The molecule has 0 aliphatic heterocycles. The smallest absolute Gasteiger partial charge is 0.308 e. The van der Waals surface area contributed by atoms with Gasteiger partial charge in [-0.3, -0.25) is 4.79 Å². The Morgan fingerprint density at radius 3 is 2.33 bits per heavy atom. The zero-order valence-corrected chi connectivity index (χ0v) is 7.58. The summed E-state index contributed by atoms with van der Waals surface area (Å²) in [5.74, 6) is 1.73. The van der Waals surface area contributed by atoms with Crippen molar-refractivity contribution in [2.45, 2.75) is 32.1 Å². The number of carbonyl (C=O) groups excluding carboxylic acids is 1. The Balaban J connectivity index is 2.03. The highest BCUT2D eigenvalue weighted by Gasteiger charge is 2.39. The summed E-state index contributed by atoms with van der Waals surface area (Å²) in [5.41, 5.74) is 0. The molecule has 0 aromatic carbocycles. The fourth-order valence-corrected chi connectivity index (χ4v) is 2.82. The van der Waals surface area contributed by atoms with Crippen molar-refractivity contribution in [1.29, 1.82) is 0 Å². The minimum atomic E-state index is 0.0319. The lowest BCUT2D eigenvalue weighted by molar-refractivity contribution is -0.151. The molecule has 0 saturated heterocycles. The number of hydrogen-bond donors (Lipinski definition) is 0. The number of esters is 1. The first kappa shape index (κ1) is 8.09. The van der Waals surface area contributed by atoms with Crippen LogP contribution in [0, 0.1) is 17.8 Å². The Morgan fingerprint density at radius 2 is 1.92 bits per heavy atom. The summed E-state index contributed by atoms with van der Waals surface area (Å²) in [4.78, 5) is 11.3. The molecular formula is C10H16O2. The summed E-state index contributed by atoms with van der Waals surface area (Å²) in [7, 11) is 1.50. The first-order valence-electron chi connectivity index (χ1n) is 4.89. The maximum Gasteiger partial charge on any atom is 0.308 e. The van der Waals surface area contributed by atoms with E-state index in [1.807, 2.05) is 0 Å². The van der Waals surface area contributed by atoms with Crippen LogP contribution in [0.1, 0.15) is 32.1 Å². The van der Waals surface area contributed by atoms with Gasteiger partial charge in [-0.25, -0.2) is 0 Å². The number of hydrogen-bond acceptors (Lipinski definition) is 2. The number of fused-ring (bicyclic) bond motifs is 3. The van der Waals surface area contributed by atoms with Crippen molar-refractivity contribution < 1.29 is 9.53 Å². The van der Waals surface area contributed by atoms with Crippen molar-refractivity contribution >= 4 is 5.97 Å². The third kappa shape index (κ3) is 1.23. The lowest BCUT2D eigenvalue weighted by atomic mass is 9.65. The zero-order valence-electron chi connectivity index (χ0n) is 7.58. The van der Waals surface area contributed by atoms with E-state index < -0.39 is 0 Å². The maximum absolute atomic E-state index is 11.3. The van der Waals surface area contributed by atoms with Gasteiger partial charge in [0.2, 0.25) is 0 Å². The van der Waals surface area contributed by atoms with Crippen molar-refractivity contribution in [2.75, 3.05) is 7.11 Å². The van der Waals surface area contributed by atoms with Gasteiger partial charge in [-0.2, -0.15) is 0 Å². The molecule has 2 bridgehead atoms. The van der Waals surface area contributed by atoms with E-state index in [4.69, 9.17) is 4.74 Å². The average molecular weight is 168 g/mol. The Labute approximate surface area is 73.3 Å². The van der Waals surface area contributed by atoms with Crippen LogP contribution in [0.15, 0.2) is 0 Å². The van der Waals surface area contributed by atoms with Gasteiger partial charge < -0.3 is 4.74 Å². The molecule has 3 aliphatic carbocycles. The molecule has 68 valence electrons. The fraction of sp³-hybridized carbons (Fsp3) is 0.900. The second-order valence-electron chi connectivity index (χ2n) is 4.15. The molecule has 0 heterocycles. The number of carbonyl (C=O) groups is 1. The van der Waals surface area contributed by atoms with E-state index in [2.05, 4.69) is 0 Å². The van der Waals surface area contributed by atoms with Gasteiger partial charge in [0.1, 0.15) is 0 Å². The molecule has 3 saturated carbocycles. The molecule has 0 unspecified atom stereocenters. The highest BCUT2D eigenvalue weighted by molar-refractivity contribution is 5.72. The Bertz CT molecular complexity index is 180. The highest BCUT2D eigenvalue weighted by Crippen LogP contribution is 2.45. The quantitative estimate of drug-likeness (QED) is 0.560. The number of ether oxygens (including phenoxy) is 1. The molecule has 0 radical (unpaired) electrons. The molecular weight excluding hydrogens is 152 g/mol. The summed E-state index contributed by atoms with van der Waals surface area (Å²) < 4.78 is 4.80. The zero-order chi connectivity index (χ0) is 8.55. The van der Waals surface area contributed by atoms with Crippen LogP contribution < -0.4 is 0 Å². The molecule has 3 fully saturated rings. The van der Waals surface area contributed by atoms with Crippen LogP contribution in [0.5, 0.6) is 0 Å². The summed E-state index contributed by atoms with van der Waals surface area (Å²) in [6.07, 6.45) is 6.29. The van der Waals surface area contributed by atoms with E-state index in [0.717, 1.165) is 12.3 Å². The van der Waals surface area contributed by atoms with E-state index in [1.54, 1.807) is 0 Å². The van der Waals surface area contributed by atoms with Gasteiger partial charge in [0.05, 0.1) is 13.0 Å². The molecule has 0 amide bonds. The molecule has 12 heavy (non-hydrogen) atoms. The lowest BCUT2D eigenvalue weighted by Crippen LogP contribution is -2.36. The van der Waals surface area contributed by atoms with E-state index in [0.29, 0.717) is 5.92 Å². The van der Waals surface area contributed by atoms with E-state index in [-0.39, 0.29) is 11.9 Å². The minimum absolute atomic E-state index is 0.0319. The fourth-order valence-electron chi connectivity index (χ4n) is 2.82. The second kappa shape index (κ2) is 3.08. The van der Waals surface area contributed by atoms with Crippen LogP contribution in [-0.2, 0) is 9.53 Å². The van der Waals surface area contributed by atoms with Crippen LogP contribution in [-0.4, -0.2) is 13.1 Å². The minimum Gasteiger partial charge on any atom is -0.469 e. The monoisotopic (exact) mass is 168 g/mol. The Kier molecular flexibility index (Phi) is 2.07. The summed E-state index contributed by atoms with van der Waals surface area (Å²) >= 11 is 0. The summed E-state index contributed by atoms with van der Waals surface area (Å²) in [6, 6.07) is 0. The van der Waals surface area contributed by atoms with Crippen LogP contribution in [0.2, 0.25) is 0 Å². The standard InChI is InChI=1S/C10H16O2/c1-12-10(11)9-6-7-2-4-8(9)5-3-7/h7-9H,2-6H2,1H3/t7?,8?,9-/m1/s1. The third-order valence-corrected chi connectivity index (χ3v) is 3.55. The van der Waals surface area contributed by atoms with Crippen molar-refractivity contribution in [3.05, 3.63) is 0 Å². The van der Waals surface area contributed by atoms with Gasteiger partial charge in [0, 0.05) is 0 Å². The average Bonchev–Trinajstić information content (AvgIpc) is 2.18. The highest BCUT2D eigenvalue weighted by atomic mass is 16.5. The predicted octanol–water partition coefficient (Wildman–Crippen LogP) is 1.99. The van der Waals surface area contributed by atoms with Gasteiger partial charge in [-0.05, 0) is 31.1 Å². The van der Waals surface area contributed by atoms with Gasteiger partial charge in [-0.15, -0.1) is 0 Å². The van der Waals surface area contributed by atoms with E-state index >= 15 is 0 Å². The predicted molar refractivity (Wildman–Crippen MR) is 45.6 cm³/mol. The third-order valence-electron chi connectivity index (χ3n) is 3.55. The Hall–Kier alpha value is -0.530. The summed E-state index contributed by atoms with van der Waals surface area (Å²) in [6.45, 7) is 0. The Morgan fingerprint density at radius 1 is 1.25 bits per heavy atom. The first-order chi connectivity index (χ1) is 5.81. The molecule has 0 aromatic heterocycles. The molecule has 3 aliphatic rings. The van der Waals surface area contributed by atoms with E-state index in [9.17, 15) is 4.79 Å². The largest absolute Gasteiger partial charge is 0.469 e. The summed E-state index contributed by atoms with van der Waals surface area (Å²) in [5, 5.41) is 0.